The summed E-state index contributed by atoms with van der Waals surface area (Å²) in [7, 11) is -1.66. The molecule has 0 saturated heterocycles. The van der Waals surface area contributed by atoms with E-state index in [2.05, 4.69) is 0 Å². The Labute approximate surface area is 85.0 Å². The molecule has 0 atom stereocenters. The van der Waals surface area contributed by atoms with Crippen LogP contribution in [0.1, 0.15) is 27.7 Å². The van der Waals surface area contributed by atoms with Gasteiger partial charge in [0, 0.05) is 22.4 Å². The fraction of sp³-hybridized carbons (Fsp3) is 1.00. The largest absolute Gasteiger partial charge is 0.330 e. The maximum Gasteiger partial charge on any atom is 0.330 e. The predicted octanol–water partition coefficient (Wildman–Crippen LogP) is 2.05. The van der Waals surface area contributed by atoms with Crippen LogP contribution in [0.25, 0.3) is 0 Å². The van der Waals surface area contributed by atoms with Crippen LogP contribution in [0.4, 0.5) is 0 Å². The fourth-order valence-corrected chi connectivity index (χ4v) is 1.16. The molecule has 0 aliphatic carbocycles. The molecule has 3 nitrogen and oxygen atoms in total. The van der Waals surface area contributed by atoms with Gasteiger partial charge in [-0.3, -0.25) is 0 Å². The average Bonchev–Trinajstić information content (AvgIpc) is 1.58. The van der Waals surface area contributed by atoms with Crippen LogP contribution in [0.2, 0.25) is 0 Å². The summed E-state index contributed by atoms with van der Waals surface area (Å²) in [5.74, 6) is 0. The zero-order valence-electron chi connectivity index (χ0n) is 7.17. The molecule has 0 amide bonds. The Morgan fingerprint density at radius 1 is 1.00 bits per heavy atom. The fourth-order valence-electron chi connectivity index (χ4n) is 0.386. The zero-order valence-corrected chi connectivity index (χ0v) is 9.54. The van der Waals surface area contributed by atoms with Gasteiger partial charge >= 0.3 is 8.60 Å². The SMILES string of the molecule is CC(C)OP(O)OC(C)C.[Ag]. The maximum absolute atomic E-state index is 9.01. The first-order valence-electron chi connectivity index (χ1n) is 3.35. The van der Waals surface area contributed by atoms with Crippen molar-refractivity contribution in [2.75, 3.05) is 0 Å². The molecule has 0 aliphatic heterocycles. The minimum absolute atomic E-state index is 0. The molecule has 0 aromatic heterocycles. The quantitative estimate of drug-likeness (QED) is 0.630. The van der Waals surface area contributed by atoms with Gasteiger partial charge < -0.3 is 13.9 Å². The summed E-state index contributed by atoms with van der Waals surface area (Å²) in [5, 5.41) is 0. The van der Waals surface area contributed by atoms with Gasteiger partial charge in [0.1, 0.15) is 0 Å². The van der Waals surface area contributed by atoms with E-state index in [0.29, 0.717) is 0 Å². The van der Waals surface area contributed by atoms with Crippen LogP contribution < -0.4 is 0 Å². The van der Waals surface area contributed by atoms with Crippen LogP contribution in [0.5, 0.6) is 0 Å². The van der Waals surface area contributed by atoms with Crippen LogP contribution in [0.15, 0.2) is 0 Å². The molecule has 1 N–H and O–H groups in total. The van der Waals surface area contributed by atoms with E-state index in [1.54, 1.807) is 0 Å². The monoisotopic (exact) mass is 273 g/mol. The second kappa shape index (κ2) is 7.69. The van der Waals surface area contributed by atoms with Crippen molar-refractivity contribution in [3.05, 3.63) is 0 Å². The Hall–Kier alpha value is 1.05. The molecule has 0 unspecified atom stereocenters. The Morgan fingerprint density at radius 3 is 1.45 bits per heavy atom. The predicted molar refractivity (Wildman–Crippen MR) is 41.6 cm³/mol. The zero-order chi connectivity index (χ0) is 8.15. The Morgan fingerprint density at radius 2 is 1.27 bits per heavy atom. The normalized spacial score (nSPS) is 10.9. The van der Waals surface area contributed by atoms with E-state index in [-0.39, 0.29) is 34.6 Å². The van der Waals surface area contributed by atoms with Gasteiger partial charge in [0.15, 0.2) is 0 Å². The molecule has 0 aliphatic rings. The third-order valence-corrected chi connectivity index (χ3v) is 1.81. The second-order valence-electron chi connectivity index (χ2n) is 2.55. The van der Waals surface area contributed by atoms with Gasteiger partial charge in [-0.1, -0.05) is 0 Å². The van der Waals surface area contributed by atoms with Crippen molar-refractivity contribution < 1.29 is 36.3 Å². The minimum Gasteiger partial charge on any atom is -0.328 e. The number of hydrogen-bond acceptors (Lipinski definition) is 3. The molecule has 0 rings (SSSR count). The van der Waals surface area contributed by atoms with Crippen molar-refractivity contribution in [2.24, 2.45) is 0 Å². The molecule has 0 bridgehead atoms. The first-order valence-corrected chi connectivity index (χ1v) is 4.48. The van der Waals surface area contributed by atoms with Crippen LogP contribution in [0, 0.1) is 0 Å². The van der Waals surface area contributed by atoms with Crippen molar-refractivity contribution in [1.82, 2.24) is 0 Å². The average molecular weight is 274 g/mol. The van der Waals surface area contributed by atoms with Crippen molar-refractivity contribution in [3.8, 4) is 0 Å². The van der Waals surface area contributed by atoms with Crippen molar-refractivity contribution >= 4 is 8.60 Å². The molecular formula is C6H15AgO3P. The third kappa shape index (κ3) is 11.1. The van der Waals surface area contributed by atoms with Gasteiger partial charge in [0.2, 0.25) is 0 Å². The summed E-state index contributed by atoms with van der Waals surface area (Å²) in [4.78, 5) is 9.01. The summed E-state index contributed by atoms with van der Waals surface area (Å²) >= 11 is 0. The molecule has 0 spiro atoms. The van der Waals surface area contributed by atoms with E-state index >= 15 is 0 Å². The van der Waals surface area contributed by atoms with Crippen molar-refractivity contribution in [2.45, 2.75) is 39.9 Å². The molecule has 0 heterocycles. The summed E-state index contributed by atoms with van der Waals surface area (Å²) < 4.78 is 9.92. The molecule has 5 heteroatoms. The van der Waals surface area contributed by atoms with Crippen LogP contribution in [-0.4, -0.2) is 17.1 Å². The first kappa shape index (κ1) is 14.6. The third-order valence-electron chi connectivity index (χ3n) is 0.602. The summed E-state index contributed by atoms with van der Waals surface area (Å²) in [6, 6.07) is 0. The first-order chi connectivity index (χ1) is 4.52. The van der Waals surface area contributed by atoms with Gasteiger partial charge in [-0.15, -0.1) is 0 Å². The van der Waals surface area contributed by atoms with E-state index in [0.717, 1.165) is 0 Å². The Balaban J connectivity index is 0. The van der Waals surface area contributed by atoms with Gasteiger partial charge in [-0.2, -0.15) is 0 Å². The molecule has 0 saturated carbocycles. The van der Waals surface area contributed by atoms with E-state index in [1.165, 1.54) is 0 Å². The Bertz CT molecular complexity index is 79.9. The van der Waals surface area contributed by atoms with E-state index in [4.69, 9.17) is 13.9 Å². The molecule has 0 fully saturated rings. The standard InChI is InChI=1S/C6H15O3P.Ag/c1-5(2)8-10(7)9-6(3)4;/h5-7H,1-4H3;. The van der Waals surface area contributed by atoms with E-state index in [1.807, 2.05) is 27.7 Å². The molecule has 0 aromatic rings. The molecule has 0 aromatic carbocycles. The molecule has 1 radical (unpaired) electrons. The number of hydrogen-bond donors (Lipinski definition) is 1. The second-order valence-corrected chi connectivity index (χ2v) is 3.44. The molecule has 73 valence electrons. The van der Waals surface area contributed by atoms with Crippen molar-refractivity contribution in [3.63, 3.8) is 0 Å². The topological polar surface area (TPSA) is 38.7 Å². The van der Waals surface area contributed by atoms with Crippen LogP contribution in [-0.2, 0) is 31.4 Å². The summed E-state index contributed by atoms with van der Waals surface area (Å²) in [6.45, 7) is 7.43. The summed E-state index contributed by atoms with van der Waals surface area (Å²) in [6.07, 6.45) is 0.0460. The Kier molecular flexibility index (Phi) is 10.2. The smallest absolute Gasteiger partial charge is 0.328 e. The van der Waals surface area contributed by atoms with Crippen LogP contribution >= 0.6 is 8.60 Å². The number of rotatable bonds is 4. The van der Waals surface area contributed by atoms with E-state index < -0.39 is 8.60 Å². The minimum atomic E-state index is -1.66. The van der Waals surface area contributed by atoms with Crippen LogP contribution in [0.3, 0.4) is 0 Å². The van der Waals surface area contributed by atoms with Gasteiger partial charge in [-0.05, 0) is 27.7 Å². The molecule has 11 heavy (non-hydrogen) atoms. The summed E-state index contributed by atoms with van der Waals surface area (Å²) in [5.41, 5.74) is 0. The van der Waals surface area contributed by atoms with Gasteiger partial charge in [0.25, 0.3) is 0 Å². The van der Waals surface area contributed by atoms with E-state index in [9.17, 15) is 0 Å². The van der Waals surface area contributed by atoms with Gasteiger partial charge in [-0.25, -0.2) is 0 Å². The molecular weight excluding hydrogens is 259 g/mol. The van der Waals surface area contributed by atoms with Gasteiger partial charge in [0.05, 0.1) is 12.2 Å². The van der Waals surface area contributed by atoms with Crippen molar-refractivity contribution in [1.29, 1.82) is 0 Å². The maximum atomic E-state index is 9.01.